The van der Waals surface area contributed by atoms with Crippen LogP contribution in [0.2, 0.25) is 15.1 Å². The van der Waals surface area contributed by atoms with Gasteiger partial charge in [-0.15, -0.1) is 0 Å². The van der Waals surface area contributed by atoms with Crippen LogP contribution in [0.1, 0.15) is 23.2 Å². The summed E-state index contributed by atoms with van der Waals surface area (Å²) in [6.07, 6.45) is 1.39. The number of hydrogen-bond donors (Lipinski definition) is 1. The fraction of sp³-hybridized carbons (Fsp3) is 0.222. The van der Waals surface area contributed by atoms with E-state index in [-0.39, 0.29) is 11.8 Å². The van der Waals surface area contributed by atoms with E-state index in [0.717, 1.165) is 6.42 Å². The SMILES string of the molecule is O=C(Nc1ccc(Cl)cc1)[C@@H]1CCCN1C(=O)c1ccc(Cl)c(Cl)c1. The fourth-order valence-electron chi connectivity index (χ4n) is 2.84. The van der Waals surface area contributed by atoms with Crippen molar-refractivity contribution in [2.45, 2.75) is 18.9 Å². The maximum atomic E-state index is 12.7. The summed E-state index contributed by atoms with van der Waals surface area (Å²) in [6.45, 7) is 0.526. The number of amides is 2. The van der Waals surface area contributed by atoms with E-state index in [4.69, 9.17) is 34.8 Å². The second kappa shape index (κ2) is 7.65. The van der Waals surface area contributed by atoms with Gasteiger partial charge >= 0.3 is 0 Å². The van der Waals surface area contributed by atoms with Gasteiger partial charge in [-0.1, -0.05) is 34.8 Å². The number of nitrogens with zero attached hydrogens (tertiary/aromatic N) is 1. The smallest absolute Gasteiger partial charge is 0.254 e. The molecule has 2 aromatic rings. The number of anilines is 1. The number of likely N-dealkylation sites (tertiary alicyclic amines) is 1. The van der Waals surface area contributed by atoms with Crippen LogP contribution >= 0.6 is 34.8 Å². The third kappa shape index (κ3) is 4.09. The second-order valence-electron chi connectivity index (χ2n) is 5.78. The summed E-state index contributed by atoms with van der Waals surface area (Å²) >= 11 is 17.7. The Morgan fingerprint density at radius 1 is 1.00 bits per heavy atom. The molecular weight excluding hydrogens is 383 g/mol. The summed E-state index contributed by atoms with van der Waals surface area (Å²) in [5.74, 6) is -0.444. The Balaban J connectivity index is 1.74. The Morgan fingerprint density at radius 2 is 1.72 bits per heavy atom. The first-order valence-corrected chi connectivity index (χ1v) is 8.91. The topological polar surface area (TPSA) is 49.4 Å². The van der Waals surface area contributed by atoms with Crippen molar-refractivity contribution in [3.63, 3.8) is 0 Å². The lowest BCUT2D eigenvalue weighted by Gasteiger charge is -2.24. The zero-order valence-electron chi connectivity index (χ0n) is 13.1. The Morgan fingerprint density at radius 3 is 2.40 bits per heavy atom. The average molecular weight is 398 g/mol. The molecule has 1 heterocycles. The number of hydrogen-bond acceptors (Lipinski definition) is 2. The lowest BCUT2D eigenvalue weighted by atomic mass is 10.1. The summed E-state index contributed by atoms with van der Waals surface area (Å²) in [4.78, 5) is 26.9. The molecule has 3 rings (SSSR count). The van der Waals surface area contributed by atoms with Crippen LogP contribution in [0, 0.1) is 0 Å². The van der Waals surface area contributed by atoms with E-state index < -0.39 is 6.04 Å². The normalized spacial score (nSPS) is 16.8. The van der Waals surface area contributed by atoms with E-state index in [2.05, 4.69) is 5.32 Å². The minimum absolute atomic E-state index is 0.215. The molecule has 1 saturated heterocycles. The van der Waals surface area contributed by atoms with Crippen molar-refractivity contribution in [3.05, 3.63) is 63.1 Å². The third-order valence-corrected chi connectivity index (χ3v) is 5.09. The second-order valence-corrected chi connectivity index (χ2v) is 7.03. The van der Waals surface area contributed by atoms with Crippen LogP contribution in [-0.4, -0.2) is 29.3 Å². The van der Waals surface area contributed by atoms with Gasteiger partial charge in [0.2, 0.25) is 5.91 Å². The quantitative estimate of drug-likeness (QED) is 0.801. The van der Waals surface area contributed by atoms with Gasteiger partial charge in [0.15, 0.2) is 0 Å². The van der Waals surface area contributed by atoms with Crippen molar-refractivity contribution < 1.29 is 9.59 Å². The Bertz CT molecular complexity index is 808. The molecule has 1 fully saturated rings. The molecule has 0 bridgehead atoms. The average Bonchev–Trinajstić information content (AvgIpc) is 3.08. The molecule has 0 aromatic heterocycles. The molecule has 0 aliphatic carbocycles. The third-order valence-electron chi connectivity index (χ3n) is 4.09. The Labute approximate surface area is 160 Å². The largest absolute Gasteiger partial charge is 0.327 e. The van der Waals surface area contributed by atoms with Gasteiger partial charge in [0, 0.05) is 22.8 Å². The minimum Gasteiger partial charge on any atom is -0.327 e. The summed E-state index contributed by atoms with van der Waals surface area (Å²) in [7, 11) is 0. The van der Waals surface area contributed by atoms with Gasteiger partial charge in [-0.2, -0.15) is 0 Å². The predicted molar refractivity (Wildman–Crippen MR) is 101 cm³/mol. The molecule has 25 heavy (non-hydrogen) atoms. The fourth-order valence-corrected chi connectivity index (χ4v) is 3.26. The standard InChI is InChI=1S/C18H15Cl3N2O2/c19-12-4-6-13(7-5-12)22-17(24)16-2-1-9-23(16)18(25)11-3-8-14(20)15(21)10-11/h3-8,10,16H,1-2,9H2,(H,22,24)/t16-/m0/s1. The van der Waals surface area contributed by atoms with Crippen LogP contribution < -0.4 is 5.32 Å². The summed E-state index contributed by atoms with van der Waals surface area (Å²) in [5, 5.41) is 4.12. The highest BCUT2D eigenvalue weighted by atomic mass is 35.5. The number of carbonyl (C=O) groups is 2. The molecule has 1 atom stereocenters. The lowest BCUT2D eigenvalue weighted by Crippen LogP contribution is -2.43. The van der Waals surface area contributed by atoms with E-state index in [9.17, 15) is 9.59 Å². The van der Waals surface area contributed by atoms with Crippen molar-refractivity contribution in [2.24, 2.45) is 0 Å². The molecule has 2 aromatic carbocycles. The van der Waals surface area contributed by atoms with Crippen LogP contribution in [0.3, 0.4) is 0 Å². The summed E-state index contributed by atoms with van der Waals surface area (Å²) in [6, 6.07) is 11.0. The molecule has 0 saturated carbocycles. The monoisotopic (exact) mass is 396 g/mol. The van der Waals surface area contributed by atoms with Crippen molar-refractivity contribution in [3.8, 4) is 0 Å². The van der Waals surface area contributed by atoms with Gasteiger partial charge in [-0.05, 0) is 55.3 Å². The van der Waals surface area contributed by atoms with Crippen LogP contribution in [0.5, 0.6) is 0 Å². The highest BCUT2D eigenvalue weighted by molar-refractivity contribution is 6.42. The Hall–Kier alpha value is -1.75. The first-order chi connectivity index (χ1) is 12.0. The van der Waals surface area contributed by atoms with E-state index in [1.807, 2.05) is 0 Å². The first-order valence-electron chi connectivity index (χ1n) is 7.78. The van der Waals surface area contributed by atoms with Crippen LogP contribution in [0.25, 0.3) is 0 Å². The molecule has 7 heteroatoms. The molecule has 4 nitrogen and oxygen atoms in total. The molecule has 1 aliphatic rings. The molecule has 130 valence electrons. The number of rotatable bonds is 3. The summed E-state index contributed by atoms with van der Waals surface area (Å²) in [5.41, 5.74) is 1.06. The lowest BCUT2D eigenvalue weighted by molar-refractivity contribution is -0.119. The van der Waals surface area contributed by atoms with Crippen molar-refractivity contribution in [1.82, 2.24) is 4.90 Å². The van der Waals surface area contributed by atoms with Gasteiger partial charge in [0.1, 0.15) is 6.04 Å². The number of benzene rings is 2. The van der Waals surface area contributed by atoms with E-state index in [1.54, 1.807) is 41.3 Å². The number of carbonyl (C=O) groups excluding carboxylic acids is 2. The molecule has 0 unspecified atom stereocenters. The van der Waals surface area contributed by atoms with Gasteiger partial charge in [-0.3, -0.25) is 9.59 Å². The number of halogens is 3. The van der Waals surface area contributed by atoms with Crippen molar-refractivity contribution >= 4 is 52.3 Å². The molecule has 0 spiro atoms. The molecular formula is C18H15Cl3N2O2. The highest BCUT2D eigenvalue weighted by Crippen LogP contribution is 2.26. The van der Waals surface area contributed by atoms with Crippen LogP contribution in [0.4, 0.5) is 5.69 Å². The zero-order valence-corrected chi connectivity index (χ0v) is 15.4. The maximum absolute atomic E-state index is 12.7. The van der Waals surface area contributed by atoms with Crippen molar-refractivity contribution in [2.75, 3.05) is 11.9 Å². The molecule has 0 radical (unpaired) electrons. The highest BCUT2D eigenvalue weighted by Gasteiger charge is 2.34. The van der Waals surface area contributed by atoms with Crippen LogP contribution in [-0.2, 0) is 4.79 Å². The van der Waals surface area contributed by atoms with E-state index >= 15 is 0 Å². The first kappa shape index (κ1) is 18.1. The predicted octanol–water partition coefficient (Wildman–Crippen LogP) is 4.89. The Kier molecular flexibility index (Phi) is 5.52. The van der Waals surface area contributed by atoms with Gasteiger partial charge < -0.3 is 10.2 Å². The van der Waals surface area contributed by atoms with E-state index in [0.29, 0.717) is 39.3 Å². The minimum atomic E-state index is -0.516. The molecule has 1 N–H and O–H groups in total. The van der Waals surface area contributed by atoms with Crippen molar-refractivity contribution in [1.29, 1.82) is 0 Å². The maximum Gasteiger partial charge on any atom is 0.254 e. The van der Waals surface area contributed by atoms with E-state index in [1.165, 1.54) is 6.07 Å². The van der Waals surface area contributed by atoms with Gasteiger partial charge in [-0.25, -0.2) is 0 Å². The summed E-state index contributed by atoms with van der Waals surface area (Å²) < 4.78 is 0. The van der Waals surface area contributed by atoms with Crippen LogP contribution in [0.15, 0.2) is 42.5 Å². The molecule has 2 amide bonds. The zero-order chi connectivity index (χ0) is 18.0. The van der Waals surface area contributed by atoms with Gasteiger partial charge in [0.25, 0.3) is 5.91 Å². The van der Waals surface area contributed by atoms with Gasteiger partial charge in [0.05, 0.1) is 10.0 Å². The molecule has 1 aliphatic heterocycles. The number of nitrogens with one attached hydrogen (secondary N) is 1.